The number of hydrogen-bond donors (Lipinski definition) is 1. The van der Waals surface area contributed by atoms with Gasteiger partial charge in [-0.15, -0.1) is 0 Å². The molecule has 1 nitrogen and oxygen atoms in total. The van der Waals surface area contributed by atoms with Gasteiger partial charge in [0, 0.05) is 12.2 Å². The molecule has 0 amide bonds. The molecule has 1 N–H and O–H groups in total. The van der Waals surface area contributed by atoms with Crippen molar-refractivity contribution in [2.24, 2.45) is 11.8 Å². The predicted molar refractivity (Wildman–Crippen MR) is 82.7 cm³/mol. The molecular formula is C18H27N. The van der Waals surface area contributed by atoms with Gasteiger partial charge in [-0.3, -0.25) is 0 Å². The highest BCUT2D eigenvalue weighted by Crippen LogP contribution is 2.33. The van der Waals surface area contributed by atoms with Crippen LogP contribution in [0, 0.1) is 11.8 Å². The van der Waals surface area contributed by atoms with Gasteiger partial charge in [-0.1, -0.05) is 44.7 Å². The summed E-state index contributed by atoms with van der Waals surface area (Å²) in [6.07, 6.45) is 11.1. The van der Waals surface area contributed by atoms with Crippen LogP contribution in [0.15, 0.2) is 18.2 Å². The second kappa shape index (κ2) is 5.98. The van der Waals surface area contributed by atoms with Crippen LogP contribution in [0.2, 0.25) is 0 Å². The van der Waals surface area contributed by atoms with E-state index >= 15 is 0 Å². The first kappa shape index (κ1) is 13.0. The van der Waals surface area contributed by atoms with E-state index in [1.165, 1.54) is 57.1 Å². The van der Waals surface area contributed by atoms with Crippen molar-refractivity contribution in [1.82, 2.24) is 0 Å². The Hall–Kier alpha value is -0.980. The fourth-order valence-corrected chi connectivity index (χ4v) is 3.95. The van der Waals surface area contributed by atoms with Gasteiger partial charge in [-0.05, 0) is 54.7 Å². The van der Waals surface area contributed by atoms with Gasteiger partial charge in [-0.25, -0.2) is 0 Å². The Morgan fingerprint density at radius 2 is 2.05 bits per heavy atom. The Morgan fingerprint density at radius 3 is 2.95 bits per heavy atom. The summed E-state index contributed by atoms with van der Waals surface area (Å²) < 4.78 is 0. The Morgan fingerprint density at radius 1 is 1.16 bits per heavy atom. The fraction of sp³-hybridized carbons (Fsp3) is 0.667. The molecule has 19 heavy (non-hydrogen) atoms. The Labute approximate surface area is 117 Å². The molecular weight excluding hydrogens is 230 g/mol. The molecule has 2 aliphatic rings. The van der Waals surface area contributed by atoms with E-state index in [1.807, 2.05) is 0 Å². The van der Waals surface area contributed by atoms with Gasteiger partial charge in [0.25, 0.3) is 0 Å². The molecule has 0 aromatic heterocycles. The van der Waals surface area contributed by atoms with Crippen LogP contribution in [0.3, 0.4) is 0 Å². The standard InChI is InChI=1S/C18H27N/c1-2-14-5-3-6-15(11-14)12-16-8-9-18-17(13-16)7-4-10-19-18/h8-9,13-15,19H,2-7,10-12H2,1H3. The second-order valence-corrected chi connectivity index (χ2v) is 6.53. The molecule has 1 aliphatic heterocycles. The minimum atomic E-state index is 0.938. The fourth-order valence-electron chi connectivity index (χ4n) is 3.95. The van der Waals surface area contributed by atoms with E-state index in [0.717, 1.165) is 18.4 Å². The summed E-state index contributed by atoms with van der Waals surface area (Å²) in [6, 6.07) is 7.13. The van der Waals surface area contributed by atoms with Gasteiger partial charge >= 0.3 is 0 Å². The summed E-state index contributed by atoms with van der Waals surface area (Å²) in [4.78, 5) is 0. The van der Waals surface area contributed by atoms with Crippen LogP contribution >= 0.6 is 0 Å². The van der Waals surface area contributed by atoms with Crippen LogP contribution in [-0.4, -0.2) is 6.54 Å². The van der Waals surface area contributed by atoms with Crippen molar-refractivity contribution in [2.75, 3.05) is 11.9 Å². The molecule has 1 fully saturated rings. The topological polar surface area (TPSA) is 12.0 Å². The highest BCUT2D eigenvalue weighted by Gasteiger charge is 2.21. The third kappa shape index (κ3) is 3.13. The molecule has 3 rings (SSSR count). The maximum atomic E-state index is 3.51. The lowest BCUT2D eigenvalue weighted by molar-refractivity contribution is 0.259. The van der Waals surface area contributed by atoms with Crippen molar-refractivity contribution >= 4 is 5.69 Å². The Balaban J connectivity index is 1.66. The summed E-state index contributed by atoms with van der Waals surface area (Å²) in [6.45, 7) is 3.50. The highest BCUT2D eigenvalue weighted by atomic mass is 14.9. The van der Waals surface area contributed by atoms with Crippen molar-refractivity contribution in [1.29, 1.82) is 0 Å². The minimum absolute atomic E-state index is 0.938. The predicted octanol–water partition coefficient (Wildman–Crippen LogP) is 4.80. The molecule has 1 aliphatic carbocycles. The molecule has 104 valence electrons. The van der Waals surface area contributed by atoms with Gasteiger partial charge < -0.3 is 5.32 Å². The van der Waals surface area contributed by atoms with Crippen LogP contribution in [0.4, 0.5) is 5.69 Å². The smallest absolute Gasteiger partial charge is 0.0372 e. The van der Waals surface area contributed by atoms with Gasteiger partial charge in [0.15, 0.2) is 0 Å². The SMILES string of the molecule is CCC1CCCC(Cc2ccc3c(c2)CCCN3)C1. The van der Waals surface area contributed by atoms with Crippen LogP contribution in [0.1, 0.15) is 56.6 Å². The summed E-state index contributed by atoms with van der Waals surface area (Å²) in [5, 5.41) is 3.51. The van der Waals surface area contributed by atoms with E-state index in [0.29, 0.717) is 0 Å². The third-order valence-corrected chi connectivity index (χ3v) is 5.10. The van der Waals surface area contributed by atoms with Crippen molar-refractivity contribution in [3.8, 4) is 0 Å². The van der Waals surface area contributed by atoms with Crippen LogP contribution in [0.5, 0.6) is 0 Å². The van der Waals surface area contributed by atoms with Gasteiger partial charge in [0.1, 0.15) is 0 Å². The summed E-state index contributed by atoms with van der Waals surface area (Å²) >= 11 is 0. The normalized spacial score (nSPS) is 26.6. The first-order valence-electron chi connectivity index (χ1n) is 8.21. The quantitative estimate of drug-likeness (QED) is 0.820. The molecule has 2 atom stereocenters. The zero-order valence-corrected chi connectivity index (χ0v) is 12.3. The lowest BCUT2D eigenvalue weighted by Crippen LogP contribution is -2.17. The van der Waals surface area contributed by atoms with Crippen molar-refractivity contribution in [3.05, 3.63) is 29.3 Å². The summed E-state index contributed by atoms with van der Waals surface area (Å²) in [5.41, 5.74) is 4.50. The zero-order valence-electron chi connectivity index (χ0n) is 12.3. The number of fused-ring (bicyclic) bond motifs is 1. The minimum Gasteiger partial charge on any atom is -0.385 e. The van der Waals surface area contributed by atoms with E-state index in [9.17, 15) is 0 Å². The van der Waals surface area contributed by atoms with Crippen molar-refractivity contribution < 1.29 is 0 Å². The van der Waals surface area contributed by atoms with E-state index in [2.05, 4.69) is 30.4 Å². The molecule has 0 radical (unpaired) electrons. The van der Waals surface area contributed by atoms with E-state index < -0.39 is 0 Å². The zero-order chi connectivity index (χ0) is 13.1. The average molecular weight is 257 g/mol. The molecule has 1 heteroatoms. The first-order valence-corrected chi connectivity index (χ1v) is 8.21. The van der Waals surface area contributed by atoms with Gasteiger partial charge in [0.2, 0.25) is 0 Å². The number of benzene rings is 1. The molecule has 1 saturated carbocycles. The van der Waals surface area contributed by atoms with E-state index in [4.69, 9.17) is 0 Å². The lowest BCUT2D eigenvalue weighted by Gasteiger charge is -2.29. The van der Waals surface area contributed by atoms with Crippen LogP contribution in [0.25, 0.3) is 0 Å². The van der Waals surface area contributed by atoms with Gasteiger partial charge in [-0.2, -0.15) is 0 Å². The number of hydrogen-bond acceptors (Lipinski definition) is 1. The third-order valence-electron chi connectivity index (χ3n) is 5.10. The number of nitrogens with one attached hydrogen (secondary N) is 1. The molecule has 1 aromatic rings. The molecule has 0 bridgehead atoms. The Bertz CT molecular complexity index is 424. The van der Waals surface area contributed by atoms with Crippen molar-refractivity contribution in [2.45, 2.75) is 58.3 Å². The number of anilines is 1. The molecule has 1 heterocycles. The van der Waals surface area contributed by atoms with Crippen molar-refractivity contribution in [3.63, 3.8) is 0 Å². The largest absolute Gasteiger partial charge is 0.385 e. The molecule has 0 spiro atoms. The molecule has 0 saturated heterocycles. The number of aryl methyl sites for hydroxylation is 1. The summed E-state index contributed by atoms with van der Waals surface area (Å²) in [5.74, 6) is 1.94. The molecule has 1 aromatic carbocycles. The molecule has 2 unspecified atom stereocenters. The maximum Gasteiger partial charge on any atom is 0.0372 e. The maximum absolute atomic E-state index is 3.51. The number of rotatable bonds is 3. The second-order valence-electron chi connectivity index (χ2n) is 6.53. The average Bonchev–Trinajstić information content (AvgIpc) is 2.47. The monoisotopic (exact) mass is 257 g/mol. The van der Waals surface area contributed by atoms with E-state index in [1.54, 1.807) is 11.1 Å². The summed E-state index contributed by atoms with van der Waals surface area (Å²) in [7, 11) is 0. The van der Waals surface area contributed by atoms with Crippen LogP contribution < -0.4 is 5.32 Å². The lowest BCUT2D eigenvalue weighted by atomic mass is 9.77. The first-order chi connectivity index (χ1) is 9.35. The Kier molecular flexibility index (Phi) is 4.10. The van der Waals surface area contributed by atoms with Crippen LogP contribution in [-0.2, 0) is 12.8 Å². The van der Waals surface area contributed by atoms with Gasteiger partial charge in [0.05, 0.1) is 0 Å². The van der Waals surface area contributed by atoms with E-state index in [-0.39, 0.29) is 0 Å². The highest BCUT2D eigenvalue weighted by molar-refractivity contribution is 5.54.